The molecule has 5 fully saturated rings. The summed E-state index contributed by atoms with van der Waals surface area (Å²) in [6, 6.07) is 0. The van der Waals surface area contributed by atoms with Gasteiger partial charge in [0, 0.05) is 12.0 Å². The van der Waals surface area contributed by atoms with Gasteiger partial charge in [0.1, 0.15) is 67.6 Å². The van der Waals surface area contributed by atoms with Gasteiger partial charge in [-0.1, -0.05) is 84.6 Å². The summed E-state index contributed by atoms with van der Waals surface area (Å²) in [5, 5.41) is 79.8. The van der Waals surface area contributed by atoms with Crippen LogP contribution in [-0.4, -0.2) is 201 Å². The monoisotopic (exact) mass is 1110 g/mol. The van der Waals surface area contributed by atoms with Crippen LogP contribution in [0.15, 0.2) is 11.6 Å². The van der Waals surface area contributed by atoms with E-state index < -0.39 is 171 Å². The number of unbranched alkanes of at least 4 members (excludes halogenated alkanes) is 2. The van der Waals surface area contributed by atoms with Crippen molar-refractivity contribution in [1.29, 1.82) is 0 Å². The van der Waals surface area contributed by atoms with Gasteiger partial charge in [0.15, 0.2) is 43.5 Å². The van der Waals surface area contributed by atoms with Crippen molar-refractivity contribution in [3.8, 4) is 0 Å². The summed E-state index contributed by atoms with van der Waals surface area (Å²) >= 11 is 0. The van der Waals surface area contributed by atoms with Gasteiger partial charge in [0.2, 0.25) is 0 Å². The van der Waals surface area contributed by atoms with E-state index in [1.807, 2.05) is 0 Å². The molecule has 77 heavy (non-hydrogen) atoms. The maximum Gasteiger partial charge on any atom is 0.333 e. The van der Waals surface area contributed by atoms with Crippen LogP contribution in [0.25, 0.3) is 0 Å². The number of aliphatic hydroxyl groups is 7. The first kappa shape index (κ1) is 64.8. The maximum atomic E-state index is 14.0. The van der Waals surface area contributed by atoms with Gasteiger partial charge in [-0.15, -0.1) is 0 Å². The molecule has 5 rings (SSSR count). The molecule has 0 spiro atoms. The SMILES string of the molecule is C/C=C(\C)C(=O)O[C@H]1[C@H](O)[C@@H](O)[C@H](O[C@@H]2[C@H]3OC(=O)CCCCCCCCC[C@H](CCCCC)O[C@@H]4O[C@H](C)[C@@H](O)[C@H](O)[C@H]4O[C@@H]4O[C@H](COC(=O)[C@@H](C)[C@H](C)O)[C@@H](O)[C@H](O)[C@H]4O[C@H](O[C@H]2C)[C@@H]3OC(=O)C(C)C)O[C@@H]1C. The molecule has 23 atom stereocenters. The third kappa shape index (κ3) is 17.5. The van der Waals surface area contributed by atoms with Gasteiger partial charge in [-0.2, -0.15) is 0 Å². The lowest BCUT2D eigenvalue weighted by Gasteiger charge is -2.50. The molecule has 0 radical (unpaired) electrons. The molecule has 0 aromatic heterocycles. The molecule has 0 unspecified atom stereocenters. The van der Waals surface area contributed by atoms with Crippen molar-refractivity contribution in [1.82, 2.24) is 0 Å². The molecule has 0 saturated carbocycles. The number of allylic oxidation sites excluding steroid dienone is 1. The van der Waals surface area contributed by atoms with E-state index in [1.165, 1.54) is 40.7 Å². The topological polar surface area (TPSA) is 321 Å². The number of rotatable bonds is 14. The fraction of sp³-hybridized carbons (Fsp3) is 0.889. The van der Waals surface area contributed by atoms with Crippen LogP contribution in [0.1, 0.15) is 153 Å². The lowest BCUT2D eigenvalue weighted by atomic mass is 9.95. The van der Waals surface area contributed by atoms with Crippen LogP contribution in [0, 0.1) is 11.8 Å². The molecular weight excluding hydrogens is 1020 g/mol. The zero-order chi connectivity index (χ0) is 56.8. The van der Waals surface area contributed by atoms with Crippen LogP contribution in [0.5, 0.6) is 0 Å². The summed E-state index contributed by atoms with van der Waals surface area (Å²) in [5.74, 6) is -4.95. The predicted molar refractivity (Wildman–Crippen MR) is 269 cm³/mol. The number of ether oxygens (including phenoxy) is 12. The molecule has 23 heteroatoms. The van der Waals surface area contributed by atoms with Gasteiger partial charge in [-0.3, -0.25) is 14.4 Å². The predicted octanol–water partition coefficient (Wildman–Crippen LogP) is 2.67. The lowest BCUT2D eigenvalue weighted by Crippen LogP contribution is -2.68. The van der Waals surface area contributed by atoms with E-state index in [2.05, 4.69) is 6.92 Å². The summed E-state index contributed by atoms with van der Waals surface area (Å²) in [7, 11) is 0. The Morgan fingerprint density at radius 1 is 0.636 bits per heavy atom. The van der Waals surface area contributed by atoms with Crippen LogP contribution in [0.2, 0.25) is 0 Å². The molecule has 5 heterocycles. The van der Waals surface area contributed by atoms with Crippen LogP contribution >= 0.6 is 0 Å². The number of fused-ring (bicyclic) bond motifs is 4. The van der Waals surface area contributed by atoms with Crippen molar-refractivity contribution < 1.29 is 112 Å². The molecule has 7 N–H and O–H groups in total. The van der Waals surface area contributed by atoms with E-state index in [9.17, 15) is 54.9 Å². The van der Waals surface area contributed by atoms with E-state index >= 15 is 0 Å². The Balaban J connectivity index is 1.58. The summed E-state index contributed by atoms with van der Waals surface area (Å²) in [5.41, 5.74) is 0.246. The standard InChI is InChI=1S/C54H90O23/c1-11-13-19-22-33-23-20-17-15-14-16-18-21-24-35(56)72-46-43(75-51-41(62)40(61)42(31(9)68-51)73-49(64)27(5)12-2)32(10)69-54(47(46)74-48(63)26(3)4)77-45-39(60)37(58)34(25-66-50(65)28(6)29(7)55)71-53(45)76-44-38(59)36(57)30(8)67-52(44)70-33/h12,26,28-34,36-47,51-55,57-62H,11,13-25H2,1-10H3/b27-12+/t28-,29-,30+,31+,32-,33-,34+,36+,37+,38-,39-,40+,41+,42+,43-,44+,45+,46+,47+,51-,52-,53-,54-/m0/s1. The van der Waals surface area contributed by atoms with E-state index in [4.69, 9.17) is 56.8 Å². The van der Waals surface area contributed by atoms with E-state index in [0.717, 1.165) is 51.4 Å². The zero-order valence-corrected chi connectivity index (χ0v) is 46.5. The van der Waals surface area contributed by atoms with Gasteiger partial charge in [-0.25, -0.2) is 4.79 Å². The highest BCUT2D eigenvalue weighted by atomic mass is 16.8. The number of carbonyl (C=O) groups is 4. The molecule has 0 aromatic rings. The Morgan fingerprint density at radius 3 is 1.87 bits per heavy atom. The highest BCUT2D eigenvalue weighted by molar-refractivity contribution is 5.87. The summed E-state index contributed by atoms with van der Waals surface area (Å²) in [4.78, 5) is 53.5. The molecule has 0 amide bonds. The molecule has 5 saturated heterocycles. The number of aliphatic hydroxyl groups excluding tert-OH is 7. The van der Waals surface area contributed by atoms with Gasteiger partial charge in [0.05, 0.1) is 42.4 Å². The lowest BCUT2D eigenvalue weighted by molar-refractivity contribution is -0.399. The minimum Gasteiger partial charge on any atom is -0.463 e. The molecule has 5 aliphatic heterocycles. The Kier molecular flexibility index (Phi) is 25.9. The summed E-state index contributed by atoms with van der Waals surface area (Å²) < 4.78 is 74.2. The number of hydrogen-bond acceptors (Lipinski definition) is 23. The summed E-state index contributed by atoms with van der Waals surface area (Å²) in [6.07, 6.45) is -22.5. The smallest absolute Gasteiger partial charge is 0.333 e. The minimum absolute atomic E-state index is 0.0702. The molecule has 0 aliphatic carbocycles. The van der Waals surface area contributed by atoms with E-state index in [1.54, 1.807) is 27.7 Å². The minimum atomic E-state index is -2.02. The average Bonchev–Trinajstić information content (AvgIpc) is 3.40. The number of carbonyl (C=O) groups excluding carboxylic acids is 4. The average molecular weight is 1110 g/mol. The first-order valence-electron chi connectivity index (χ1n) is 27.9. The molecular formula is C54H90O23. The van der Waals surface area contributed by atoms with E-state index in [-0.39, 0.29) is 18.1 Å². The van der Waals surface area contributed by atoms with Crippen molar-refractivity contribution in [2.75, 3.05) is 6.61 Å². The number of esters is 4. The van der Waals surface area contributed by atoms with Crippen molar-refractivity contribution in [3.05, 3.63) is 11.6 Å². The third-order valence-electron chi connectivity index (χ3n) is 15.1. The maximum absolute atomic E-state index is 14.0. The first-order valence-corrected chi connectivity index (χ1v) is 27.9. The van der Waals surface area contributed by atoms with Crippen molar-refractivity contribution in [2.45, 2.75) is 288 Å². The van der Waals surface area contributed by atoms with Gasteiger partial charge in [-0.05, 0) is 67.7 Å². The number of hydrogen-bond donors (Lipinski definition) is 7. The first-order chi connectivity index (χ1) is 36.5. The molecule has 23 nitrogen and oxygen atoms in total. The van der Waals surface area contributed by atoms with Gasteiger partial charge >= 0.3 is 23.9 Å². The Bertz CT molecular complexity index is 1870. The van der Waals surface area contributed by atoms with Crippen molar-refractivity contribution in [3.63, 3.8) is 0 Å². The molecule has 444 valence electrons. The second-order valence-corrected chi connectivity index (χ2v) is 21.7. The largest absolute Gasteiger partial charge is 0.463 e. The summed E-state index contributed by atoms with van der Waals surface area (Å²) in [6.45, 7) is 15.0. The van der Waals surface area contributed by atoms with Crippen LogP contribution in [0.4, 0.5) is 0 Å². The van der Waals surface area contributed by atoms with Crippen molar-refractivity contribution >= 4 is 23.9 Å². The molecule has 2 bridgehead atoms. The molecule has 5 aliphatic rings. The zero-order valence-electron chi connectivity index (χ0n) is 46.5. The van der Waals surface area contributed by atoms with Gasteiger partial charge in [0.25, 0.3) is 0 Å². The normalized spacial score (nSPS) is 40.3. The van der Waals surface area contributed by atoms with Gasteiger partial charge < -0.3 is 92.6 Å². The van der Waals surface area contributed by atoms with E-state index in [0.29, 0.717) is 25.7 Å². The fourth-order valence-corrected chi connectivity index (χ4v) is 9.75. The van der Waals surface area contributed by atoms with Crippen LogP contribution in [-0.2, 0) is 76.0 Å². The van der Waals surface area contributed by atoms with Crippen molar-refractivity contribution in [2.24, 2.45) is 11.8 Å². The second-order valence-electron chi connectivity index (χ2n) is 21.7. The highest BCUT2D eigenvalue weighted by Crippen LogP contribution is 2.38. The quantitative estimate of drug-likeness (QED) is 0.0569. The highest BCUT2D eigenvalue weighted by Gasteiger charge is 2.58. The van der Waals surface area contributed by atoms with Crippen LogP contribution in [0.3, 0.4) is 0 Å². The Hall–Kier alpha value is -2.98. The van der Waals surface area contributed by atoms with Crippen LogP contribution < -0.4 is 0 Å². The third-order valence-corrected chi connectivity index (χ3v) is 15.1. The molecule has 0 aromatic carbocycles. The Labute approximate surface area is 452 Å². The Morgan fingerprint density at radius 2 is 1.23 bits per heavy atom. The second kappa shape index (κ2) is 30.7. The fourth-order valence-electron chi connectivity index (χ4n) is 9.75.